The number of hydrogen-bond donors (Lipinski definition) is 1. The molecule has 0 saturated carbocycles. The van der Waals surface area contributed by atoms with Crippen molar-refractivity contribution >= 4 is 23.7 Å². The minimum absolute atomic E-state index is 0.189. The Hall–Kier alpha value is -1.19. The van der Waals surface area contributed by atoms with E-state index in [1.807, 2.05) is 0 Å². The summed E-state index contributed by atoms with van der Waals surface area (Å²) in [5.74, 6) is -0.277. The highest BCUT2D eigenvalue weighted by Gasteiger charge is 2.11. The van der Waals surface area contributed by atoms with Gasteiger partial charge in [-0.25, -0.2) is 0 Å². The fraction of sp³-hybridized carbons (Fsp3) is 0.200. The molecule has 0 amide bonds. The summed E-state index contributed by atoms with van der Waals surface area (Å²) in [5.41, 5.74) is 0.440. The number of ketones is 1. The van der Waals surface area contributed by atoms with Gasteiger partial charge < -0.3 is 9.90 Å². The Balaban J connectivity index is 2.70. The lowest BCUT2D eigenvalue weighted by atomic mass is 10.1. The Morgan fingerprint density at radius 1 is 1.43 bits per heavy atom. The van der Waals surface area contributed by atoms with Crippen molar-refractivity contribution in [3.8, 4) is 0 Å². The number of aliphatic hydroxyl groups excluding tert-OH is 1. The molecule has 1 rings (SSSR count). The Morgan fingerprint density at radius 2 is 2.00 bits per heavy atom. The summed E-state index contributed by atoms with van der Waals surface area (Å²) < 4.78 is 0. The van der Waals surface area contributed by atoms with Crippen LogP contribution in [-0.4, -0.2) is 23.3 Å². The highest BCUT2D eigenvalue weighted by atomic mass is 35.5. The Bertz CT molecular complexity index is 332. The van der Waals surface area contributed by atoms with Crippen LogP contribution in [0.5, 0.6) is 0 Å². The van der Waals surface area contributed by atoms with Gasteiger partial charge in [0.1, 0.15) is 12.4 Å². The molecule has 0 aliphatic rings. The molecule has 0 bridgehead atoms. The van der Waals surface area contributed by atoms with E-state index in [0.29, 0.717) is 16.9 Å². The van der Waals surface area contributed by atoms with Crippen molar-refractivity contribution in [2.24, 2.45) is 0 Å². The molecule has 1 atom stereocenters. The molecular formula is C10H9ClO3. The van der Waals surface area contributed by atoms with Crippen molar-refractivity contribution in [1.29, 1.82) is 0 Å². The summed E-state index contributed by atoms with van der Waals surface area (Å²) in [6.07, 6.45) is -1.07. The first-order valence-corrected chi connectivity index (χ1v) is 4.43. The number of rotatable bonds is 4. The van der Waals surface area contributed by atoms with Gasteiger partial charge in [0.25, 0.3) is 0 Å². The second-order valence-electron chi connectivity index (χ2n) is 2.84. The highest BCUT2D eigenvalue weighted by molar-refractivity contribution is 6.30. The molecule has 0 radical (unpaired) electrons. The molecule has 74 valence electrons. The average molecular weight is 213 g/mol. The van der Waals surface area contributed by atoms with E-state index in [-0.39, 0.29) is 12.2 Å². The molecule has 0 spiro atoms. The normalized spacial score (nSPS) is 12.1. The van der Waals surface area contributed by atoms with E-state index in [2.05, 4.69) is 0 Å². The lowest BCUT2D eigenvalue weighted by Gasteiger charge is -2.02. The largest absolute Gasteiger partial charge is 0.385 e. The maximum absolute atomic E-state index is 11.4. The van der Waals surface area contributed by atoms with Crippen molar-refractivity contribution in [1.82, 2.24) is 0 Å². The van der Waals surface area contributed by atoms with Gasteiger partial charge in [0, 0.05) is 17.0 Å². The molecule has 1 aromatic carbocycles. The minimum Gasteiger partial charge on any atom is -0.385 e. The zero-order chi connectivity index (χ0) is 10.6. The third-order valence-corrected chi connectivity index (χ3v) is 1.97. The van der Waals surface area contributed by atoms with Gasteiger partial charge in [-0.1, -0.05) is 11.6 Å². The Kier molecular flexibility index (Phi) is 3.80. The van der Waals surface area contributed by atoms with Crippen LogP contribution in [0.25, 0.3) is 0 Å². The van der Waals surface area contributed by atoms with Crippen LogP contribution >= 0.6 is 11.6 Å². The minimum atomic E-state index is -1.22. The number of aldehydes is 1. The standard InChI is InChI=1S/C10H9ClO3/c11-8-3-1-7(2-4-8)10(14)5-9(13)6-12/h1-4,6,9,13H,5H2/t9-/m1/s1. The summed E-state index contributed by atoms with van der Waals surface area (Å²) in [5, 5.41) is 9.47. The molecular weight excluding hydrogens is 204 g/mol. The summed E-state index contributed by atoms with van der Waals surface area (Å²) in [6.45, 7) is 0. The van der Waals surface area contributed by atoms with Crippen molar-refractivity contribution < 1.29 is 14.7 Å². The van der Waals surface area contributed by atoms with E-state index >= 15 is 0 Å². The average Bonchev–Trinajstić information content (AvgIpc) is 2.18. The zero-order valence-electron chi connectivity index (χ0n) is 7.31. The van der Waals surface area contributed by atoms with Crippen molar-refractivity contribution in [3.63, 3.8) is 0 Å². The Morgan fingerprint density at radius 3 is 2.50 bits per heavy atom. The molecule has 0 fully saturated rings. The number of carbonyl (C=O) groups excluding carboxylic acids is 2. The maximum atomic E-state index is 11.4. The smallest absolute Gasteiger partial charge is 0.165 e. The van der Waals surface area contributed by atoms with Crippen LogP contribution < -0.4 is 0 Å². The molecule has 0 unspecified atom stereocenters. The van der Waals surface area contributed by atoms with Crippen LogP contribution in [0.2, 0.25) is 5.02 Å². The molecule has 4 heteroatoms. The molecule has 1 N–H and O–H groups in total. The lowest BCUT2D eigenvalue weighted by Crippen LogP contribution is -2.14. The van der Waals surface area contributed by atoms with Gasteiger partial charge in [0.15, 0.2) is 5.78 Å². The van der Waals surface area contributed by atoms with Gasteiger partial charge in [0.05, 0.1) is 0 Å². The monoisotopic (exact) mass is 212 g/mol. The molecule has 1 aromatic rings. The van der Waals surface area contributed by atoms with Gasteiger partial charge in [-0.05, 0) is 24.3 Å². The summed E-state index contributed by atoms with van der Waals surface area (Å²) in [6, 6.07) is 6.29. The second-order valence-corrected chi connectivity index (χ2v) is 3.27. The van der Waals surface area contributed by atoms with Crippen LogP contribution in [0, 0.1) is 0 Å². The summed E-state index contributed by atoms with van der Waals surface area (Å²) in [7, 11) is 0. The number of Topliss-reactive ketones (excluding diaryl/α,β-unsaturated/α-hetero) is 1. The van der Waals surface area contributed by atoms with Gasteiger partial charge in [-0.15, -0.1) is 0 Å². The fourth-order valence-electron chi connectivity index (χ4n) is 0.992. The first-order chi connectivity index (χ1) is 6.63. The Labute approximate surface area is 86.3 Å². The number of carbonyl (C=O) groups is 2. The number of halogens is 1. The predicted molar refractivity (Wildman–Crippen MR) is 52.5 cm³/mol. The molecule has 0 aromatic heterocycles. The van der Waals surface area contributed by atoms with Crippen LogP contribution in [0.15, 0.2) is 24.3 Å². The van der Waals surface area contributed by atoms with Gasteiger partial charge >= 0.3 is 0 Å². The van der Waals surface area contributed by atoms with E-state index in [0.717, 1.165) is 0 Å². The van der Waals surface area contributed by atoms with E-state index in [1.54, 1.807) is 24.3 Å². The van der Waals surface area contributed by atoms with Crippen LogP contribution in [0.4, 0.5) is 0 Å². The van der Waals surface area contributed by atoms with Gasteiger partial charge in [-0.3, -0.25) is 4.79 Å². The van der Waals surface area contributed by atoms with Gasteiger partial charge in [-0.2, -0.15) is 0 Å². The SMILES string of the molecule is O=C[C@H](O)CC(=O)c1ccc(Cl)cc1. The van der Waals surface area contributed by atoms with Crippen molar-refractivity contribution in [2.45, 2.75) is 12.5 Å². The van der Waals surface area contributed by atoms with Crippen molar-refractivity contribution in [3.05, 3.63) is 34.9 Å². The van der Waals surface area contributed by atoms with E-state index < -0.39 is 6.10 Å². The number of aliphatic hydroxyl groups is 1. The highest BCUT2D eigenvalue weighted by Crippen LogP contribution is 2.11. The lowest BCUT2D eigenvalue weighted by molar-refractivity contribution is -0.114. The molecule has 3 nitrogen and oxygen atoms in total. The summed E-state index contributed by atoms with van der Waals surface area (Å²) >= 11 is 5.63. The topological polar surface area (TPSA) is 54.4 Å². The van der Waals surface area contributed by atoms with E-state index in [4.69, 9.17) is 16.7 Å². The number of hydrogen-bond acceptors (Lipinski definition) is 3. The van der Waals surface area contributed by atoms with Crippen LogP contribution in [0.1, 0.15) is 16.8 Å². The third kappa shape index (κ3) is 2.94. The van der Waals surface area contributed by atoms with Gasteiger partial charge in [0.2, 0.25) is 0 Å². The van der Waals surface area contributed by atoms with Crippen LogP contribution in [-0.2, 0) is 4.79 Å². The van der Waals surface area contributed by atoms with Crippen LogP contribution in [0.3, 0.4) is 0 Å². The maximum Gasteiger partial charge on any atom is 0.165 e. The fourth-order valence-corrected chi connectivity index (χ4v) is 1.12. The molecule has 0 aliphatic heterocycles. The first-order valence-electron chi connectivity index (χ1n) is 4.05. The second kappa shape index (κ2) is 4.88. The zero-order valence-corrected chi connectivity index (χ0v) is 8.07. The molecule has 14 heavy (non-hydrogen) atoms. The van der Waals surface area contributed by atoms with Crippen molar-refractivity contribution in [2.75, 3.05) is 0 Å². The third-order valence-electron chi connectivity index (χ3n) is 1.72. The number of benzene rings is 1. The first kappa shape index (κ1) is 10.9. The summed E-state index contributed by atoms with van der Waals surface area (Å²) in [4.78, 5) is 21.5. The molecule has 0 heterocycles. The predicted octanol–water partition coefficient (Wildman–Crippen LogP) is 1.47. The molecule has 0 saturated heterocycles. The van der Waals surface area contributed by atoms with E-state index in [1.165, 1.54) is 0 Å². The van der Waals surface area contributed by atoms with E-state index in [9.17, 15) is 9.59 Å². The quantitative estimate of drug-likeness (QED) is 0.608. The molecule has 0 aliphatic carbocycles.